The van der Waals surface area contributed by atoms with Gasteiger partial charge in [0.25, 0.3) is 0 Å². The van der Waals surface area contributed by atoms with Gasteiger partial charge in [-0.2, -0.15) is 0 Å². The molecule has 0 unspecified atom stereocenters. The normalized spacial score (nSPS) is 11.4. The summed E-state index contributed by atoms with van der Waals surface area (Å²) in [4.78, 5) is 67.2. The van der Waals surface area contributed by atoms with E-state index in [0.29, 0.717) is 120 Å². The van der Waals surface area contributed by atoms with Crippen LogP contribution < -0.4 is 57.8 Å². The molecule has 0 bridgehead atoms. The summed E-state index contributed by atoms with van der Waals surface area (Å²) in [6, 6.07) is 67.7. The van der Waals surface area contributed by atoms with E-state index < -0.39 is 5.91 Å². The van der Waals surface area contributed by atoms with Crippen LogP contribution in [0.4, 0.5) is 0 Å². The summed E-state index contributed by atoms with van der Waals surface area (Å²) in [5.41, 5.74) is 11.0. The molecule has 0 atom stereocenters. The number of nitrogens with two attached hydrogens (primary N) is 1. The summed E-state index contributed by atoms with van der Waals surface area (Å²) in [5.74, 6) is 8.85. The molecule has 7 heterocycles. The number of aromatic nitrogens is 6. The fourth-order valence-electron chi connectivity index (χ4n) is 12.1. The number of carbonyl (C=O) groups excluding carboxylic acids is 4. The molecule has 0 aliphatic carbocycles. The van der Waals surface area contributed by atoms with Crippen LogP contribution in [-0.2, 0) is 27.1 Å². The molecule has 0 radical (unpaired) electrons. The molecule has 13 aromatic rings. The van der Waals surface area contributed by atoms with Crippen LogP contribution in [-0.4, -0.2) is 141 Å². The first-order valence-corrected chi connectivity index (χ1v) is 39.1. The first-order valence-electron chi connectivity index (χ1n) is 37.5. The molecule has 1 saturated heterocycles. The summed E-state index contributed by atoms with van der Waals surface area (Å²) >= 11 is 6.57. The molecule has 3 N–H and O–H groups in total. The molecule has 1 aliphatic rings. The molecule has 14 rings (SSSR count). The van der Waals surface area contributed by atoms with Gasteiger partial charge in [0.15, 0.2) is 12.6 Å². The minimum absolute atomic E-state index is 0.0562. The van der Waals surface area contributed by atoms with Crippen LogP contribution in [0.2, 0.25) is 0 Å². The zero-order chi connectivity index (χ0) is 86.1. The number of halogens is 2. The highest BCUT2D eigenvalue weighted by atomic mass is 79.9. The molecule has 624 valence electrons. The van der Waals surface area contributed by atoms with Crippen molar-refractivity contribution in [3.63, 3.8) is 0 Å². The molecular formula is C93H90Br2N8O18. The Morgan fingerprint density at radius 3 is 1.25 bits per heavy atom. The maximum absolute atomic E-state index is 11.6. The SMILES string of the molecule is CO/C=C/c1c(OC)cccc1Oc1cccc(Br)n1.CO/C=C/c1c(OC)cccc1Oc1ccccn1.COc1cccc(O)c1C=O.COc1cccc(Oc2cccc(Br)n2)c1C=O.COc1cccc(Oc2ccccn2)c1CC=O.COc1cccc(Oc2ccccn2)c1CCN1CCC(n2ccc3ccc(C(N)=O)cc32)CC1. The van der Waals surface area contributed by atoms with Gasteiger partial charge in [-0.15, -0.1) is 0 Å². The third kappa shape index (κ3) is 27.0. The number of phenols is 1. The van der Waals surface area contributed by atoms with Gasteiger partial charge in [-0.05, 0) is 190 Å². The first kappa shape index (κ1) is 90.8. The molecule has 26 nitrogen and oxygen atoms in total. The lowest BCUT2D eigenvalue weighted by Crippen LogP contribution is -2.35. The van der Waals surface area contributed by atoms with E-state index in [2.05, 4.69) is 78.5 Å². The molecule has 0 spiro atoms. The van der Waals surface area contributed by atoms with Gasteiger partial charge in [-0.3, -0.25) is 14.4 Å². The molecule has 6 aromatic heterocycles. The van der Waals surface area contributed by atoms with Gasteiger partial charge in [0.2, 0.25) is 35.3 Å². The number of primary amides is 1. The van der Waals surface area contributed by atoms with Gasteiger partial charge >= 0.3 is 0 Å². The number of hydrogen-bond donors (Lipinski definition) is 2. The number of methoxy groups -OCH3 is 8. The fourth-order valence-corrected chi connectivity index (χ4v) is 12.8. The van der Waals surface area contributed by atoms with Crippen LogP contribution in [0.15, 0.2) is 271 Å². The number of pyridine rings is 5. The number of amides is 1. The Labute approximate surface area is 717 Å². The quantitative estimate of drug-likeness (QED) is 0.0250. The van der Waals surface area contributed by atoms with E-state index in [-0.39, 0.29) is 17.7 Å². The molecule has 0 saturated carbocycles. The Morgan fingerprint density at radius 2 is 0.826 bits per heavy atom. The predicted molar refractivity (Wildman–Crippen MR) is 468 cm³/mol. The van der Waals surface area contributed by atoms with Crippen LogP contribution in [0.1, 0.15) is 72.2 Å². The highest BCUT2D eigenvalue weighted by Crippen LogP contribution is 2.39. The molecule has 1 aliphatic heterocycles. The highest BCUT2D eigenvalue weighted by Gasteiger charge is 2.24. The van der Waals surface area contributed by atoms with E-state index in [1.165, 1.54) is 20.3 Å². The number of carbonyl (C=O) groups is 4. The number of piperidine rings is 1. The Hall–Kier alpha value is -14.1. The third-order valence-corrected chi connectivity index (χ3v) is 18.8. The van der Waals surface area contributed by atoms with E-state index in [1.807, 2.05) is 127 Å². The zero-order valence-electron chi connectivity index (χ0n) is 67.6. The summed E-state index contributed by atoms with van der Waals surface area (Å²) in [6.07, 6.45) is 19.1. The van der Waals surface area contributed by atoms with Crippen molar-refractivity contribution in [2.75, 3.05) is 76.5 Å². The summed E-state index contributed by atoms with van der Waals surface area (Å²) in [5, 5.41) is 10.2. The number of phenolic OH excluding ortho intramolecular Hbond substituents is 1. The molecule has 7 aromatic carbocycles. The minimum atomic E-state index is -0.391. The monoisotopic (exact) mass is 1760 g/mol. The standard InChI is InChI=1S/C28H30N4O3.C15H14BrNO3.C15H15NO3.C14H13NO3.C13H10BrNO3.C8H8O3/c1-34-25-5-4-6-26(35-27-7-2-3-14-30-27)23(25)13-17-31-15-11-22(12-16-31)32-18-10-20-8-9-21(28(29)33)19-24(20)32;1-18-10-9-11-12(19-2)5-3-6-13(11)20-15-8-4-7-14(16)17-15;1-17-11-9-12-13(18-2)6-5-7-14(12)19-15-8-3-4-10-16-15;1-17-12-5-4-6-13(11(12)8-10-16)18-14-7-2-3-9-15-14;1-17-10-4-2-5-11(9(10)8-16)18-13-7-3-6-12(14)15-13;1-11-8-4-2-3-7(10)6(8)5-9/h2-10,14,18-19,22H,11-13,15-17H2,1H3,(H2,29,33);3-10H,1-2H3;3-11H,1-2H3;2-7,9-10H,8H2,1H3;2-8H,1H3;2-5,10H,1H3/b;10-9+;11-9+;;;. The second kappa shape index (κ2) is 48.6. The maximum atomic E-state index is 11.6. The second-order valence-electron chi connectivity index (χ2n) is 25.4. The van der Waals surface area contributed by atoms with Gasteiger partial charge < -0.3 is 86.7 Å². The molecule has 121 heavy (non-hydrogen) atoms. The average Bonchev–Trinajstić information content (AvgIpc) is 1.79. The highest BCUT2D eigenvalue weighted by molar-refractivity contribution is 9.10. The Balaban J connectivity index is 0.000000171. The summed E-state index contributed by atoms with van der Waals surface area (Å²) in [7, 11) is 12.6. The van der Waals surface area contributed by atoms with Crippen LogP contribution in [0.3, 0.4) is 0 Å². The number of aromatic hydroxyl groups is 1. The lowest BCUT2D eigenvalue weighted by atomic mass is 10.0. The van der Waals surface area contributed by atoms with Gasteiger partial charge in [0.05, 0.1) is 91.7 Å². The minimum Gasteiger partial charge on any atom is -0.507 e. The van der Waals surface area contributed by atoms with Crippen molar-refractivity contribution in [1.82, 2.24) is 34.4 Å². The topological polar surface area (TPSA) is 307 Å². The Morgan fingerprint density at radius 1 is 0.438 bits per heavy atom. The van der Waals surface area contributed by atoms with E-state index in [0.717, 1.165) is 89.8 Å². The van der Waals surface area contributed by atoms with Crippen molar-refractivity contribution in [3.05, 3.63) is 310 Å². The number of rotatable bonds is 29. The lowest BCUT2D eigenvalue weighted by molar-refractivity contribution is -0.107. The Bertz CT molecular complexity index is 5530. The fraction of sp³-hybridized carbons (Fsp3) is 0.172. The van der Waals surface area contributed by atoms with Crippen molar-refractivity contribution in [3.8, 4) is 98.4 Å². The lowest BCUT2D eigenvalue weighted by Gasteiger charge is -2.33. The number of likely N-dealkylation sites (tertiary alicyclic amines) is 1. The second-order valence-corrected chi connectivity index (χ2v) is 27.0. The smallest absolute Gasteiger partial charge is 0.248 e. The van der Waals surface area contributed by atoms with Crippen LogP contribution >= 0.6 is 31.9 Å². The van der Waals surface area contributed by atoms with E-state index >= 15 is 0 Å². The van der Waals surface area contributed by atoms with Gasteiger partial charge in [-0.1, -0.05) is 72.8 Å². The van der Waals surface area contributed by atoms with Crippen molar-refractivity contribution in [1.29, 1.82) is 0 Å². The summed E-state index contributed by atoms with van der Waals surface area (Å²) < 4.78 is 73.9. The van der Waals surface area contributed by atoms with Crippen LogP contribution in [0, 0.1) is 0 Å². The van der Waals surface area contributed by atoms with Gasteiger partial charge in [0.1, 0.15) is 84.5 Å². The Kier molecular flexibility index (Phi) is 36.5. The van der Waals surface area contributed by atoms with E-state index in [4.69, 9.17) is 72.4 Å². The zero-order valence-corrected chi connectivity index (χ0v) is 70.8. The number of nitrogens with zero attached hydrogens (tertiary/aromatic N) is 7. The average molecular weight is 1770 g/mol. The third-order valence-electron chi connectivity index (χ3n) is 17.9. The van der Waals surface area contributed by atoms with Crippen molar-refractivity contribution >= 4 is 79.7 Å². The van der Waals surface area contributed by atoms with E-state index in [1.54, 1.807) is 171 Å². The maximum Gasteiger partial charge on any atom is 0.248 e. The van der Waals surface area contributed by atoms with E-state index in [9.17, 15) is 19.2 Å². The molecule has 1 fully saturated rings. The van der Waals surface area contributed by atoms with Crippen molar-refractivity contribution in [2.24, 2.45) is 5.73 Å². The predicted octanol–water partition coefficient (Wildman–Crippen LogP) is 19.9. The largest absolute Gasteiger partial charge is 0.507 e. The van der Waals surface area contributed by atoms with Crippen LogP contribution in [0.5, 0.6) is 98.4 Å². The first-order chi connectivity index (χ1) is 59.1. The summed E-state index contributed by atoms with van der Waals surface area (Å²) in [6.45, 7) is 2.93. The van der Waals surface area contributed by atoms with Crippen molar-refractivity contribution in [2.45, 2.75) is 31.7 Å². The number of ether oxygens (including phenoxy) is 13. The molecular weight excluding hydrogens is 1680 g/mol. The molecule has 28 heteroatoms. The van der Waals surface area contributed by atoms with Gasteiger partial charge in [-0.25, -0.2) is 24.9 Å². The van der Waals surface area contributed by atoms with Crippen LogP contribution in [0.25, 0.3) is 23.1 Å². The molecule has 1 amide bonds. The van der Waals surface area contributed by atoms with Gasteiger partial charge in [0, 0.05) is 109 Å². The van der Waals surface area contributed by atoms with Crippen molar-refractivity contribution < 1.29 is 85.9 Å². The number of aldehydes is 3. The number of benzene rings is 7. The number of hydrogen-bond acceptors (Lipinski definition) is 24. The number of fused-ring (bicyclic) bond motifs is 1.